The van der Waals surface area contributed by atoms with Crippen LogP contribution in [0.2, 0.25) is 0 Å². The van der Waals surface area contributed by atoms with Crippen LogP contribution in [0.15, 0.2) is 54.6 Å². The summed E-state index contributed by atoms with van der Waals surface area (Å²) < 4.78 is 0. The number of carbonyl (C=O) groups is 2. The molecular weight excluding hydrogens is 296 g/mol. The zero-order valence-corrected chi connectivity index (χ0v) is 12.6. The number of carbonyl (C=O) groups excluding carboxylic acids is 2. The Labute approximate surface area is 133 Å². The Kier molecular flexibility index (Phi) is 5.32. The molecule has 2 aromatic rings. The number of rotatable bonds is 3. The quantitative estimate of drug-likeness (QED) is 0.376. The lowest BCUT2D eigenvalue weighted by atomic mass is 10.0. The number of likely N-dealkylation sites (N-methyl/N-ethyl adjacent to an activating group) is 1. The third-order valence-electron chi connectivity index (χ3n) is 3.56. The van der Waals surface area contributed by atoms with Crippen molar-refractivity contribution in [1.82, 2.24) is 4.90 Å². The monoisotopic (exact) mass is 312 g/mol. The number of hydrogen-bond acceptors (Lipinski definition) is 5. The van der Waals surface area contributed by atoms with E-state index in [4.69, 9.17) is 0 Å². The first kappa shape index (κ1) is 16.5. The van der Waals surface area contributed by atoms with Gasteiger partial charge in [-0.25, -0.2) is 0 Å². The van der Waals surface area contributed by atoms with Gasteiger partial charge in [-0.3, -0.25) is 24.6 Å². The van der Waals surface area contributed by atoms with E-state index in [2.05, 4.69) is 0 Å². The molecule has 1 unspecified atom stereocenters. The Hall–Kier alpha value is -2.86. The van der Waals surface area contributed by atoms with Crippen LogP contribution >= 0.6 is 0 Å². The molecular formula is C17H16N2O4. The van der Waals surface area contributed by atoms with Crippen LogP contribution in [-0.4, -0.2) is 28.9 Å². The van der Waals surface area contributed by atoms with Crippen LogP contribution in [0.1, 0.15) is 17.2 Å². The van der Waals surface area contributed by atoms with E-state index in [9.17, 15) is 19.7 Å². The molecule has 0 fully saturated rings. The molecule has 1 atom stereocenters. The van der Waals surface area contributed by atoms with Crippen molar-refractivity contribution in [1.29, 1.82) is 0 Å². The van der Waals surface area contributed by atoms with Gasteiger partial charge in [0.25, 0.3) is 5.69 Å². The molecule has 1 aliphatic heterocycles. The lowest BCUT2D eigenvalue weighted by Gasteiger charge is -2.15. The minimum atomic E-state index is -0.417. The van der Waals surface area contributed by atoms with Crippen molar-refractivity contribution < 1.29 is 14.5 Å². The first-order chi connectivity index (χ1) is 11.0. The summed E-state index contributed by atoms with van der Waals surface area (Å²) in [6.07, 6.45) is 0.406. The number of nitrogens with zero attached hydrogens (tertiary/aromatic N) is 2. The topological polar surface area (TPSA) is 80.5 Å². The SMILES string of the molecule is CN1Cc2ccccc2C1C(=O)C=O.O=[N+]([O-])c1ccccc1. The molecule has 3 rings (SSSR count). The first-order valence-corrected chi connectivity index (χ1v) is 7.01. The highest BCUT2D eigenvalue weighted by Gasteiger charge is 2.32. The predicted molar refractivity (Wildman–Crippen MR) is 84.8 cm³/mol. The lowest BCUT2D eigenvalue weighted by Crippen LogP contribution is -2.25. The summed E-state index contributed by atoms with van der Waals surface area (Å²) in [4.78, 5) is 33.3. The zero-order valence-electron chi connectivity index (χ0n) is 12.6. The van der Waals surface area contributed by atoms with Gasteiger partial charge in [-0.15, -0.1) is 0 Å². The van der Waals surface area contributed by atoms with Crippen molar-refractivity contribution in [3.63, 3.8) is 0 Å². The predicted octanol–water partition coefficient (Wildman–Crippen LogP) is 2.54. The highest BCUT2D eigenvalue weighted by molar-refractivity contribution is 6.27. The van der Waals surface area contributed by atoms with Crippen LogP contribution in [-0.2, 0) is 16.1 Å². The molecule has 0 saturated carbocycles. The molecule has 118 valence electrons. The van der Waals surface area contributed by atoms with E-state index in [1.54, 1.807) is 18.2 Å². The average molecular weight is 312 g/mol. The fourth-order valence-corrected chi connectivity index (χ4v) is 2.53. The number of para-hydroxylation sites is 1. The molecule has 1 heterocycles. The molecule has 23 heavy (non-hydrogen) atoms. The number of nitro benzene ring substituents is 1. The van der Waals surface area contributed by atoms with E-state index in [-0.39, 0.29) is 17.5 Å². The van der Waals surface area contributed by atoms with Gasteiger partial charge in [0.2, 0.25) is 5.78 Å². The number of non-ortho nitro benzene ring substituents is 1. The van der Waals surface area contributed by atoms with Crippen molar-refractivity contribution in [3.05, 3.63) is 75.8 Å². The third-order valence-corrected chi connectivity index (χ3v) is 3.56. The minimum absolute atomic E-state index is 0.137. The molecule has 0 amide bonds. The van der Waals surface area contributed by atoms with Crippen LogP contribution in [0.25, 0.3) is 0 Å². The van der Waals surface area contributed by atoms with E-state index in [0.29, 0.717) is 6.29 Å². The van der Waals surface area contributed by atoms with Crippen LogP contribution in [0.4, 0.5) is 5.69 Å². The van der Waals surface area contributed by atoms with Gasteiger partial charge in [0.1, 0.15) is 6.04 Å². The lowest BCUT2D eigenvalue weighted by molar-refractivity contribution is -0.384. The number of nitro groups is 1. The minimum Gasteiger partial charge on any atom is -0.295 e. The molecule has 0 N–H and O–H groups in total. The fourth-order valence-electron chi connectivity index (χ4n) is 2.53. The van der Waals surface area contributed by atoms with Gasteiger partial charge in [0, 0.05) is 18.7 Å². The average Bonchev–Trinajstić information content (AvgIpc) is 2.91. The Morgan fingerprint density at radius 2 is 1.78 bits per heavy atom. The molecule has 6 nitrogen and oxygen atoms in total. The smallest absolute Gasteiger partial charge is 0.269 e. The summed E-state index contributed by atoms with van der Waals surface area (Å²) in [5.74, 6) is -0.363. The maximum Gasteiger partial charge on any atom is 0.269 e. The molecule has 0 aromatic heterocycles. The van der Waals surface area contributed by atoms with Crippen molar-refractivity contribution in [2.45, 2.75) is 12.6 Å². The molecule has 0 saturated heterocycles. The Bertz CT molecular complexity index is 716. The van der Waals surface area contributed by atoms with Crippen LogP contribution in [0.5, 0.6) is 0 Å². The van der Waals surface area contributed by atoms with Crippen LogP contribution in [0, 0.1) is 10.1 Å². The molecule has 0 aliphatic carbocycles. The van der Waals surface area contributed by atoms with Crippen molar-refractivity contribution >= 4 is 17.8 Å². The molecule has 0 bridgehead atoms. The molecule has 6 heteroatoms. The van der Waals surface area contributed by atoms with E-state index < -0.39 is 4.92 Å². The summed E-state index contributed by atoms with van der Waals surface area (Å²) in [5, 5.41) is 10.0. The molecule has 0 spiro atoms. The van der Waals surface area contributed by atoms with Gasteiger partial charge in [0.15, 0.2) is 6.29 Å². The van der Waals surface area contributed by atoms with Gasteiger partial charge >= 0.3 is 0 Å². The number of fused-ring (bicyclic) bond motifs is 1. The second-order valence-electron chi connectivity index (χ2n) is 5.13. The fraction of sp³-hybridized carbons (Fsp3) is 0.176. The molecule has 2 aromatic carbocycles. The largest absolute Gasteiger partial charge is 0.295 e. The number of ketones is 1. The van der Waals surface area contributed by atoms with Crippen molar-refractivity contribution in [3.8, 4) is 0 Å². The van der Waals surface area contributed by atoms with Crippen molar-refractivity contribution in [2.75, 3.05) is 7.05 Å². The first-order valence-electron chi connectivity index (χ1n) is 7.01. The summed E-state index contributed by atoms with van der Waals surface area (Å²) in [7, 11) is 1.85. The number of benzene rings is 2. The van der Waals surface area contributed by atoms with E-state index >= 15 is 0 Å². The molecule has 0 radical (unpaired) electrons. The normalized spacial score (nSPS) is 16.0. The third kappa shape index (κ3) is 3.87. The van der Waals surface area contributed by atoms with Crippen LogP contribution in [0.3, 0.4) is 0 Å². The Balaban J connectivity index is 0.000000185. The standard InChI is InChI=1S/C11H11NO2.C6H5NO2/c1-12-6-8-4-2-3-5-9(8)11(12)10(14)7-13;8-7(9)6-4-2-1-3-5-6/h2-5,7,11H,6H2,1H3;1-5H. The maximum absolute atomic E-state index is 11.4. The number of Topliss-reactive ketones (excluding diaryl/α,β-unsaturated/α-hetero) is 1. The summed E-state index contributed by atoms with van der Waals surface area (Å²) >= 11 is 0. The van der Waals surface area contributed by atoms with Crippen LogP contribution < -0.4 is 0 Å². The highest BCUT2D eigenvalue weighted by Crippen LogP contribution is 2.32. The highest BCUT2D eigenvalue weighted by atomic mass is 16.6. The second-order valence-corrected chi connectivity index (χ2v) is 5.13. The van der Waals surface area contributed by atoms with Crippen molar-refractivity contribution in [2.24, 2.45) is 0 Å². The van der Waals surface area contributed by atoms with E-state index in [1.165, 1.54) is 12.1 Å². The molecule has 1 aliphatic rings. The van der Waals surface area contributed by atoms with Gasteiger partial charge < -0.3 is 0 Å². The van der Waals surface area contributed by atoms with Gasteiger partial charge in [-0.1, -0.05) is 42.5 Å². The summed E-state index contributed by atoms with van der Waals surface area (Å²) in [5.41, 5.74) is 2.24. The Morgan fingerprint density at radius 1 is 1.17 bits per heavy atom. The summed E-state index contributed by atoms with van der Waals surface area (Å²) in [6, 6.07) is 15.3. The number of aldehydes is 1. The van der Waals surface area contributed by atoms with Gasteiger partial charge in [-0.2, -0.15) is 0 Å². The number of hydrogen-bond donors (Lipinski definition) is 0. The van der Waals surface area contributed by atoms with Gasteiger partial charge in [0.05, 0.1) is 4.92 Å². The zero-order chi connectivity index (χ0) is 16.8. The van der Waals surface area contributed by atoms with Gasteiger partial charge in [-0.05, 0) is 18.2 Å². The second kappa shape index (κ2) is 7.42. The van der Waals surface area contributed by atoms with E-state index in [0.717, 1.165) is 17.7 Å². The summed E-state index contributed by atoms with van der Waals surface area (Å²) in [6.45, 7) is 0.737. The Morgan fingerprint density at radius 3 is 2.35 bits per heavy atom. The maximum atomic E-state index is 11.4. The van der Waals surface area contributed by atoms with E-state index in [1.807, 2.05) is 36.2 Å².